The fraction of sp³-hybridized carbons (Fsp3) is 0.632. The number of ether oxygens (including phenoxy) is 1. The van der Waals surface area contributed by atoms with Crippen molar-refractivity contribution < 1.29 is 22.3 Å². The van der Waals surface area contributed by atoms with Gasteiger partial charge in [-0.05, 0) is 49.8 Å². The van der Waals surface area contributed by atoms with Gasteiger partial charge >= 0.3 is 0 Å². The summed E-state index contributed by atoms with van der Waals surface area (Å²) in [5.74, 6) is -0.184. The number of benzene rings is 1. The molecule has 2 heterocycles. The Balaban J connectivity index is 1.65. The molecule has 1 atom stereocenters. The Labute approximate surface area is 160 Å². The first-order valence-electron chi connectivity index (χ1n) is 9.32. The maximum absolute atomic E-state index is 13.4. The molecule has 2 fully saturated rings. The van der Waals surface area contributed by atoms with Crippen LogP contribution in [0, 0.1) is 11.7 Å². The van der Waals surface area contributed by atoms with E-state index in [1.54, 1.807) is 19.0 Å². The van der Waals surface area contributed by atoms with Crippen LogP contribution in [0.5, 0.6) is 0 Å². The summed E-state index contributed by atoms with van der Waals surface area (Å²) in [5, 5.41) is 0. The van der Waals surface area contributed by atoms with E-state index in [4.69, 9.17) is 4.74 Å². The lowest BCUT2D eigenvalue weighted by Crippen LogP contribution is -2.51. The Morgan fingerprint density at radius 1 is 1.33 bits per heavy atom. The minimum absolute atomic E-state index is 0.0162. The van der Waals surface area contributed by atoms with E-state index in [0.29, 0.717) is 39.0 Å². The second-order valence-corrected chi connectivity index (χ2v) is 9.68. The van der Waals surface area contributed by atoms with Crippen molar-refractivity contribution in [3.05, 3.63) is 30.1 Å². The zero-order valence-corrected chi connectivity index (χ0v) is 16.7. The van der Waals surface area contributed by atoms with Gasteiger partial charge in [0.25, 0.3) is 0 Å². The lowest BCUT2D eigenvalue weighted by atomic mass is 9.78. The standard InChI is InChI=1S/C19H27FN2O4S/c1-21(2)18(23)12-15-6-11-26-19(14-15)7-9-22(10-8-19)27(24,25)17-5-3-4-16(20)13-17/h3-5,13,15H,6-12,14H2,1-2H3. The van der Waals surface area contributed by atoms with Crippen molar-refractivity contribution in [2.75, 3.05) is 33.8 Å². The monoisotopic (exact) mass is 398 g/mol. The van der Waals surface area contributed by atoms with E-state index in [1.165, 1.54) is 22.5 Å². The molecular formula is C19H27FN2O4S. The normalized spacial score (nSPS) is 23.3. The zero-order valence-electron chi connectivity index (χ0n) is 15.9. The average molecular weight is 399 g/mol. The van der Waals surface area contributed by atoms with Crippen molar-refractivity contribution in [1.82, 2.24) is 9.21 Å². The average Bonchev–Trinajstić information content (AvgIpc) is 2.62. The quantitative estimate of drug-likeness (QED) is 0.780. The van der Waals surface area contributed by atoms with Gasteiger partial charge in [-0.25, -0.2) is 12.8 Å². The van der Waals surface area contributed by atoms with Gasteiger partial charge in [0.1, 0.15) is 5.82 Å². The van der Waals surface area contributed by atoms with Crippen molar-refractivity contribution >= 4 is 15.9 Å². The minimum Gasteiger partial charge on any atom is -0.375 e. The fourth-order valence-electron chi connectivity index (χ4n) is 3.99. The van der Waals surface area contributed by atoms with Gasteiger partial charge in [-0.3, -0.25) is 4.79 Å². The van der Waals surface area contributed by atoms with Crippen LogP contribution in [0.25, 0.3) is 0 Å². The van der Waals surface area contributed by atoms with Crippen LogP contribution in [0.3, 0.4) is 0 Å². The van der Waals surface area contributed by atoms with Gasteiger partial charge in [-0.15, -0.1) is 0 Å². The second kappa shape index (κ2) is 7.85. The van der Waals surface area contributed by atoms with Crippen molar-refractivity contribution in [2.24, 2.45) is 5.92 Å². The fourth-order valence-corrected chi connectivity index (χ4v) is 5.47. The van der Waals surface area contributed by atoms with E-state index in [-0.39, 0.29) is 22.3 Å². The number of carbonyl (C=O) groups excluding carboxylic acids is 1. The largest absolute Gasteiger partial charge is 0.375 e. The predicted molar refractivity (Wildman–Crippen MR) is 99.1 cm³/mol. The summed E-state index contributed by atoms with van der Waals surface area (Å²) in [5.41, 5.74) is -0.358. The Morgan fingerprint density at radius 3 is 2.67 bits per heavy atom. The summed E-state index contributed by atoms with van der Waals surface area (Å²) in [6.07, 6.45) is 3.32. The number of rotatable bonds is 4. The molecule has 3 rings (SSSR count). The van der Waals surface area contributed by atoms with Crippen molar-refractivity contribution in [2.45, 2.75) is 42.6 Å². The van der Waals surface area contributed by atoms with Gasteiger partial charge in [-0.1, -0.05) is 6.07 Å². The van der Waals surface area contributed by atoms with E-state index in [2.05, 4.69) is 0 Å². The van der Waals surface area contributed by atoms with Crippen molar-refractivity contribution in [3.63, 3.8) is 0 Å². The molecule has 0 N–H and O–H groups in total. The van der Waals surface area contributed by atoms with Gasteiger partial charge < -0.3 is 9.64 Å². The molecule has 1 amide bonds. The first-order valence-corrected chi connectivity index (χ1v) is 10.8. The van der Waals surface area contributed by atoms with Crippen LogP contribution < -0.4 is 0 Å². The summed E-state index contributed by atoms with van der Waals surface area (Å²) in [6, 6.07) is 5.11. The lowest BCUT2D eigenvalue weighted by Gasteiger charge is -2.45. The van der Waals surface area contributed by atoms with Crippen LogP contribution >= 0.6 is 0 Å². The van der Waals surface area contributed by atoms with E-state index in [0.717, 1.165) is 18.9 Å². The highest BCUT2D eigenvalue weighted by Crippen LogP contribution is 2.40. The Bertz CT molecular complexity index is 789. The van der Waals surface area contributed by atoms with Gasteiger partial charge in [0.2, 0.25) is 15.9 Å². The summed E-state index contributed by atoms with van der Waals surface area (Å²) in [6.45, 7) is 1.28. The summed E-state index contributed by atoms with van der Waals surface area (Å²) >= 11 is 0. The van der Waals surface area contributed by atoms with Crippen molar-refractivity contribution in [3.8, 4) is 0 Å². The van der Waals surface area contributed by atoms with Gasteiger partial charge in [-0.2, -0.15) is 4.31 Å². The molecule has 6 nitrogen and oxygen atoms in total. The van der Waals surface area contributed by atoms with Crippen LogP contribution in [0.2, 0.25) is 0 Å². The molecule has 1 unspecified atom stereocenters. The maximum atomic E-state index is 13.4. The number of nitrogens with zero attached hydrogens (tertiary/aromatic N) is 2. The van der Waals surface area contributed by atoms with Crippen LogP contribution in [-0.4, -0.2) is 62.9 Å². The third kappa shape index (κ3) is 4.50. The SMILES string of the molecule is CN(C)C(=O)CC1CCOC2(CCN(S(=O)(=O)c3cccc(F)c3)CC2)C1. The molecule has 1 aromatic carbocycles. The number of hydrogen-bond donors (Lipinski definition) is 0. The molecule has 27 heavy (non-hydrogen) atoms. The van der Waals surface area contributed by atoms with Gasteiger partial charge in [0.15, 0.2) is 0 Å². The molecular weight excluding hydrogens is 371 g/mol. The smallest absolute Gasteiger partial charge is 0.243 e. The van der Waals surface area contributed by atoms with Crippen LogP contribution in [0.4, 0.5) is 4.39 Å². The highest BCUT2D eigenvalue weighted by molar-refractivity contribution is 7.89. The number of piperidine rings is 1. The molecule has 0 aromatic heterocycles. The third-order valence-corrected chi connectivity index (χ3v) is 7.52. The van der Waals surface area contributed by atoms with Crippen LogP contribution in [-0.2, 0) is 19.6 Å². The Morgan fingerprint density at radius 2 is 2.04 bits per heavy atom. The molecule has 2 aliphatic heterocycles. The molecule has 0 bridgehead atoms. The van der Waals surface area contributed by atoms with Gasteiger partial charge in [0.05, 0.1) is 10.5 Å². The Kier molecular flexibility index (Phi) is 5.88. The molecule has 0 radical (unpaired) electrons. The van der Waals surface area contributed by atoms with Crippen LogP contribution in [0.1, 0.15) is 32.1 Å². The number of carbonyl (C=O) groups is 1. The van der Waals surface area contributed by atoms with Gasteiger partial charge in [0, 0.05) is 40.2 Å². The second-order valence-electron chi connectivity index (χ2n) is 7.74. The van der Waals surface area contributed by atoms with E-state index >= 15 is 0 Å². The molecule has 0 aliphatic carbocycles. The highest BCUT2D eigenvalue weighted by Gasteiger charge is 2.43. The predicted octanol–water partition coefficient (Wildman–Crippen LogP) is 2.25. The molecule has 0 saturated carbocycles. The molecule has 150 valence electrons. The number of hydrogen-bond acceptors (Lipinski definition) is 4. The zero-order chi connectivity index (χ0) is 19.7. The number of amides is 1. The Hall–Kier alpha value is -1.51. The van der Waals surface area contributed by atoms with E-state index < -0.39 is 15.8 Å². The van der Waals surface area contributed by atoms with Crippen molar-refractivity contribution in [1.29, 1.82) is 0 Å². The summed E-state index contributed by atoms with van der Waals surface area (Å²) < 4.78 is 46.4. The minimum atomic E-state index is -3.71. The summed E-state index contributed by atoms with van der Waals surface area (Å²) in [4.78, 5) is 13.6. The molecule has 1 spiro atoms. The number of halogens is 1. The lowest BCUT2D eigenvalue weighted by molar-refractivity contribution is -0.138. The molecule has 2 saturated heterocycles. The first kappa shape index (κ1) is 20.2. The molecule has 2 aliphatic rings. The van der Waals surface area contributed by atoms with Crippen LogP contribution in [0.15, 0.2) is 29.2 Å². The maximum Gasteiger partial charge on any atom is 0.243 e. The summed E-state index contributed by atoms with van der Waals surface area (Å²) in [7, 11) is -0.192. The highest BCUT2D eigenvalue weighted by atomic mass is 32.2. The van der Waals surface area contributed by atoms with E-state index in [1.807, 2.05) is 0 Å². The molecule has 1 aromatic rings. The topological polar surface area (TPSA) is 66.9 Å². The first-order chi connectivity index (χ1) is 12.7. The number of sulfonamides is 1. The van der Waals surface area contributed by atoms with E-state index in [9.17, 15) is 17.6 Å². The third-order valence-electron chi connectivity index (χ3n) is 5.62. The molecule has 8 heteroatoms.